The maximum Gasteiger partial charge on any atom is 0.132 e. The van der Waals surface area contributed by atoms with Crippen molar-refractivity contribution in [1.82, 2.24) is 0 Å². The SMILES string of the molecule is COc1ccc(C(C)(O)C2CCCCC2)c(F)c1. The predicted octanol–water partition coefficient (Wildman–Crippen LogP) is 3.62. The van der Waals surface area contributed by atoms with Gasteiger partial charge < -0.3 is 9.84 Å². The zero-order valence-electron chi connectivity index (χ0n) is 11.1. The van der Waals surface area contributed by atoms with Crippen molar-refractivity contribution in [2.24, 2.45) is 5.92 Å². The van der Waals surface area contributed by atoms with Crippen molar-refractivity contribution in [3.63, 3.8) is 0 Å². The Labute approximate surface area is 108 Å². The van der Waals surface area contributed by atoms with Gasteiger partial charge in [-0.2, -0.15) is 0 Å². The van der Waals surface area contributed by atoms with Crippen LogP contribution in [0, 0.1) is 11.7 Å². The summed E-state index contributed by atoms with van der Waals surface area (Å²) in [7, 11) is 1.51. The Balaban J connectivity index is 2.27. The van der Waals surface area contributed by atoms with E-state index in [0.29, 0.717) is 11.3 Å². The maximum absolute atomic E-state index is 14.0. The van der Waals surface area contributed by atoms with Gasteiger partial charge in [-0.3, -0.25) is 0 Å². The third-order valence-electron chi connectivity index (χ3n) is 4.12. The number of benzene rings is 1. The van der Waals surface area contributed by atoms with E-state index in [2.05, 4.69) is 0 Å². The highest BCUT2D eigenvalue weighted by Gasteiger charge is 2.36. The molecule has 2 rings (SSSR count). The summed E-state index contributed by atoms with van der Waals surface area (Å²) in [6.07, 6.45) is 5.41. The van der Waals surface area contributed by atoms with Gasteiger partial charge in [0, 0.05) is 11.6 Å². The third kappa shape index (κ3) is 2.51. The molecule has 18 heavy (non-hydrogen) atoms. The molecule has 100 valence electrons. The van der Waals surface area contributed by atoms with Crippen LogP contribution < -0.4 is 4.74 Å². The highest BCUT2D eigenvalue weighted by molar-refractivity contribution is 5.32. The average molecular weight is 252 g/mol. The highest BCUT2D eigenvalue weighted by atomic mass is 19.1. The first-order valence-corrected chi connectivity index (χ1v) is 6.62. The van der Waals surface area contributed by atoms with Crippen LogP contribution >= 0.6 is 0 Å². The summed E-state index contributed by atoms with van der Waals surface area (Å²) in [5.74, 6) is 0.245. The van der Waals surface area contributed by atoms with Crippen molar-refractivity contribution < 1.29 is 14.2 Å². The molecule has 0 aromatic heterocycles. The molecule has 0 amide bonds. The van der Waals surface area contributed by atoms with Gasteiger partial charge in [0.1, 0.15) is 11.6 Å². The van der Waals surface area contributed by atoms with Crippen LogP contribution in [0.15, 0.2) is 18.2 Å². The quantitative estimate of drug-likeness (QED) is 0.890. The van der Waals surface area contributed by atoms with Gasteiger partial charge >= 0.3 is 0 Å². The lowest BCUT2D eigenvalue weighted by atomic mass is 9.74. The van der Waals surface area contributed by atoms with E-state index < -0.39 is 5.60 Å². The molecule has 1 fully saturated rings. The summed E-state index contributed by atoms with van der Waals surface area (Å²) in [5.41, 5.74) is -0.702. The molecule has 1 aliphatic carbocycles. The number of methoxy groups -OCH3 is 1. The standard InChI is InChI=1S/C15H21FO2/c1-15(17,11-6-4-3-5-7-11)13-9-8-12(18-2)10-14(13)16/h8-11,17H,3-7H2,1-2H3. The highest BCUT2D eigenvalue weighted by Crippen LogP contribution is 2.40. The Morgan fingerprint density at radius 3 is 2.50 bits per heavy atom. The minimum absolute atomic E-state index is 0.147. The van der Waals surface area contributed by atoms with E-state index >= 15 is 0 Å². The first kappa shape index (κ1) is 13.3. The summed E-state index contributed by atoms with van der Waals surface area (Å²) >= 11 is 0. The molecular formula is C15H21FO2. The lowest BCUT2D eigenvalue weighted by Crippen LogP contribution is -2.34. The number of halogens is 1. The van der Waals surface area contributed by atoms with Crippen LogP contribution in [-0.4, -0.2) is 12.2 Å². The molecule has 3 heteroatoms. The zero-order valence-corrected chi connectivity index (χ0v) is 11.1. The molecular weight excluding hydrogens is 231 g/mol. The number of aliphatic hydroxyl groups is 1. The number of hydrogen-bond donors (Lipinski definition) is 1. The topological polar surface area (TPSA) is 29.5 Å². The predicted molar refractivity (Wildman–Crippen MR) is 69.1 cm³/mol. The van der Waals surface area contributed by atoms with Crippen LogP contribution in [0.5, 0.6) is 5.75 Å². The van der Waals surface area contributed by atoms with Crippen molar-refractivity contribution in [3.8, 4) is 5.75 Å². The summed E-state index contributed by atoms with van der Waals surface area (Å²) < 4.78 is 19.0. The fourth-order valence-electron chi connectivity index (χ4n) is 2.92. The molecule has 0 heterocycles. The van der Waals surface area contributed by atoms with Crippen LogP contribution in [0.4, 0.5) is 4.39 Å². The lowest BCUT2D eigenvalue weighted by Gasteiger charge is -2.36. The average Bonchev–Trinajstić information content (AvgIpc) is 2.39. The zero-order chi connectivity index (χ0) is 13.2. The molecule has 0 bridgehead atoms. The second-order valence-corrected chi connectivity index (χ2v) is 5.33. The molecule has 0 spiro atoms. The van der Waals surface area contributed by atoms with Gasteiger partial charge in [0.2, 0.25) is 0 Å². The minimum atomic E-state index is -1.09. The summed E-state index contributed by atoms with van der Waals surface area (Å²) in [5, 5.41) is 10.7. The van der Waals surface area contributed by atoms with Gasteiger partial charge in [-0.15, -0.1) is 0 Å². The molecule has 0 radical (unpaired) electrons. The molecule has 1 aromatic rings. The van der Waals surface area contributed by atoms with Crippen LogP contribution in [0.2, 0.25) is 0 Å². The van der Waals surface area contributed by atoms with Crippen molar-refractivity contribution in [1.29, 1.82) is 0 Å². The smallest absolute Gasteiger partial charge is 0.132 e. The van der Waals surface area contributed by atoms with Gasteiger partial charge in [-0.1, -0.05) is 19.3 Å². The molecule has 1 atom stereocenters. The first-order chi connectivity index (χ1) is 8.55. The molecule has 1 saturated carbocycles. The Kier molecular flexibility index (Phi) is 3.91. The minimum Gasteiger partial charge on any atom is -0.497 e. The Morgan fingerprint density at radius 2 is 1.94 bits per heavy atom. The fraction of sp³-hybridized carbons (Fsp3) is 0.600. The van der Waals surface area contributed by atoms with Crippen molar-refractivity contribution >= 4 is 0 Å². The second-order valence-electron chi connectivity index (χ2n) is 5.33. The van der Waals surface area contributed by atoms with Gasteiger partial charge in [0.25, 0.3) is 0 Å². The van der Waals surface area contributed by atoms with E-state index in [1.165, 1.54) is 19.6 Å². The van der Waals surface area contributed by atoms with E-state index in [-0.39, 0.29) is 11.7 Å². The monoisotopic (exact) mass is 252 g/mol. The number of ether oxygens (including phenoxy) is 1. The van der Waals surface area contributed by atoms with Crippen LogP contribution in [0.3, 0.4) is 0 Å². The van der Waals surface area contributed by atoms with Crippen LogP contribution in [-0.2, 0) is 5.60 Å². The molecule has 1 N–H and O–H groups in total. The van der Waals surface area contributed by atoms with Crippen molar-refractivity contribution in [2.45, 2.75) is 44.6 Å². The van der Waals surface area contributed by atoms with Gasteiger partial charge in [0.05, 0.1) is 12.7 Å². The summed E-state index contributed by atoms with van der Waals surface area (Å²) in [4.78, 5) is 0. The van der Waals surface area contributed by atoms with Gasteiger partial charge in [-0.05, 0) is 37.8 Å². The normalized spacial score (nSPS) is 20.4. The Bertz CT molecular complexity index is 409. The van der Waals surface area contributed by atoms with E-state index in [0.717, 1.165) is 25.7 Å². The first-order valence-electron chi connectivity index (χ1n) is 6.62. The number of rotatable bonds is 3. The molecule has 2 nitrogen and oxygen atoms in total. The van der Waals surface area contributed by atoms with E-state index in [9.17, 15) is 9.50 Å². The maximum atomic E-state index is 14.0. The van der Waals surface area contributed by atoms with Crippen molar-refractivity contribution in [2.75, 3.05) is 7.11 Å². The van der Waals surface area contributed by atoms with Crippen LogP contribution in [0.25, 0.3) is 0 Å². The molecule has 1 aromatic carbocycles. The second kappa shape index (κ2) is 5.27. The third-order valence-corrected chi connectivity index (χ3v) is 4.12. The van der Waals surface area contributed by atoms with Crippen molar-refractivity contribution in [3.05, 3.63) is 29.6 Å². The Morgan fingerprint density at radius 1 is 1.28 bits per heavy atom. The number of hydrogen-bond acceptors (Lipinski definition) is 2. The van der Waals surface area contributed by atoms with E-state index in [1.54, 1.807) is 19.1 Å². The Hall–Kier alpha value is -1.09. The molecule has 1 unspecified atom stereocenters. The molecule has 0 aliphatic heterocycles. The summed E-state index contributed by atoms with van der Waals surface area (Å²) in [6, 6.07) is 4.69. The van der Waals surface area contributed by atoms with E-state index in [4.69, 9.17) is 4.74 Å². The fourth-order valence-corrected chi connectivity index (χ4v) is 2.92. The van der Waals surface area contributed by atoms with E-state index in [1.807, 2.05) is 0 Å². The largest absolute Gasteiger partial charge is 0.497 e. The summed E-state index contributed by atoms with van der Waals surface area (Å²) in [6.45, 7) is 1.73. The molecule has 1 aliphatic rings. The molecule has 0 saturated heterocycles. The van der Waals surface area contributed by atoms with Gasteiger partial charge in [0.15, 0.2) is 0 Å². The lowest BCUT2D eigenvalue weighted by molar-refractivity contribution is -0.0243. The van der Waals surface area contributed by atoms with Gasteiger partial charge in [-0.25, -0.2) is 4.39 Å². The van der Waals surface area contributed by atoms with Crippen LogP contribution in [0.1, 0.15) is 44.6 Å².